The quantitative estimate of drug-likeness (QED) is 0.0626. The molecule has 0 aliphatic carbocycles. The van der Waals surface area contributed by atoms with Crippen LogP contribution in [-0.2, 0) is 16.0 Å². The number of anilines is 2. The van der Waals surface area contributed by atoms with Gasteiger partial charge < -0.3 is 5.11 Å². The molecular weight excluding hydrogens is 746 g/mol. The molecule has 0 saturated carbocycles. The van der Waals surface area contributed by atoms with E-state index in [4.69, 9.17) is 46.4 Å². The maximum atomic E-state index is 14.3. The number of azo groups is 1. The van der Waals surface area contributed by atoms with E-state index in [1.165, 1.54) is 74.2 Å². The number of phenolic OH excluding ortho intramolecular Hbond substituents is 1. The van der Waals surface area contributed by atoms with Crippen molar-refractivity contribution >= 4 is 81.1 Å². The number of aryl methyl sites for hydroxylation is 2. The van der Waals surface area contributed by atoms with Crippen LogP contribution in [0.4, 0.5) is 22.9 Å². The predicted octanol–water partition coefficient (Wildman–Crippen LogP) is 11.9. The summed E-state index contributed by atoms with van der Waals surface area (Å²) in [5.41, 5.74) is 1.26. The molecule has 3 aromatic carbocycles. The number of imide groups is 1. The van der Waals surface area contributed by atoms with E-state index < -0.39 is 17.4 Å². The van der Waals surface area contributed by atoms with Crippen LogP contribution in [0, 0.1) is 6.92 Å². The molecule has 5 rings (SSSR count). The zero-order chi connectivity index (χ0) is 37.4. The average Bonchev–Trinajstić information content (AvgIpc) is 3.59. The molecule has 0 atom stereocenters. The SMILES string of the molecule is CCCCCCCCCCCCc1ccc(Cl)c(N(c2[nH]n(-c3c(Cl)cc(Cl)cc3Cl)c(=O)c2N=Nc2ccc(O)cc2C)N2C(=O)CCC2=O)c1. The van der Waals surface area contributed by atoms with Gasteiger partial charge in [-0.2, -0.15) is 5.01 Å². The number of phenols is 1. The predicted molar refractivity (Wildman–Crippen MR) is 209 cm³/mol. The van der Waals surface area contributed by atoms with Crippen LogP contribution < -0.4 is 10.6 Å². The highest BCUT2D eigenvalue weighted by atomic mass is 35.5. The Morgan fingerprint density at radius 1 is 0.769 bits per heavy atom. The molecule has 2 heterocycles. The molecule has 0 spiro atoms. The van der Waals surface area contributed by atoms with Gasteiger partial charge in [0.25, 0.3) is 0 Å². The zero-order valence-electron chi connectivity index (χ0n) is 29.2. The van der Waals surface area contributed by atoms with Crippen molar-refractivity contribution in [1.29, 1.82) is 0 Å². The first-order valence-electron chi connectivity index (χ1n) is 17.7. The van der Waals surface area contributed by atoms with Gasteiger partial charge in [0.15, 0.2) is 11.5 Å². The average molecular weight is 789 g/mol. The van der Waals surface area contributed by atoms with Gasteiger partial charge in [0, 0.05) is 17.9 Å². The Morgan fingerprint density at radius 2 is 1.38 bits per heavy atom. The third kappa shape index (κ3) is 9.39. The van der Waals surface area contributed by atoms with Gasteiger partial charge in [-0.1, -0.05) is 117 Å². The fraction of sp³-hybridized carbons (Fsp3) is 0.395. The maximum absolute atomic E-state index is 14.3. The monoisotopic (exact) mass is 786 g/mol. The van der Waals surface area contributed by atoms with Crippen molar-refractivity contribution in [3.63, 3.8) is 0 Å². The van der Waals surface area contributed by atoms with Crippen molar-refractivity contribution in [3.05, 3.63) is 90.1 Å². The summed E-state index contributed by atoms with van der Waals surface area (Å²) < 4.78 is 1.06. The van der Waals surface area contributed by atoms with E-state index in [1.807, 2.05) is 12.1 Å². The van der Waals surface area contributed by atoms with Crippen LogP contribution >= 0.6 is 46.4 Å². The molecule has 0 unspecified atom stereocenters. The number of halogens is 4. The highest BCUT2D eigenvalue weighted by Gasteiger charge is 2.39. The van der Waals surface area contributed by atoms with Crippen molar-refractivity contribution in [3.8, 4) is 11.4 Å². The summed E-state index contributed by atoms with van der Waals surface area (Å²) in [6.45, 7) is 3.95. The van der Waals surface area contributed by atoms with Crippen LogP contribution in [-0.4, -0.2) is 31.7 Å². The standard InChI is InChI=1S/C38H42Cl4N6O4/c1-3-4-5-6-7-8-9-10-11-12-13-25-14-16-28(40)32(21-25)47(48-33(50)18-19-34(48)51)37-35(44-43-31-17-15-27(49)20-24(31)2)38(52)46(45-37)36-29(41)22-26(39)23-30(36)42/h14-17,20-23,45,49H,3-13,18-19H2,1-2H3. The minimum Gasteiger partial charge on any atom is -0.508 e. The number of aromatic amines is 1. The number of aromatic hydroxyl groups is 1. The van der Waals surface area contributed by atoms with Crippen molar-refractivity contribution in [2.45, 2.75) is 97.3 Å². The number of rotatable bonds is 17. The molecule has 1 aliphatic rings. The smallest absolute Gasteiger partial charge is 0.301 e. The van der Waals surface area contributed by atoms with E-state index in [-0.39, 0.29) is 61.6 Å². The number of carbonyl (C=O) groups is 2. The summed E-state index contributed by atoms with van der Waals surface area (Å²) in [4.78, 5) is 41.1. The van der Waals surface area contributed by atoms with Crippen LogP contribution in [0.15, 0.2) is 63.6 Å². The van der Waals surface area contributed by atoms with Gasteiger partial charge in [-0.05, 0) is 73.4 Å². The van der Waals surface area contributed by atoms with Crippen molar-refractivity contribution < 1.29 is 14.7 Å². The van der Waals surface area contributed by atoms with Crippen LogP contribution in [0.3, 0.4) is 0 Å². The van der Waals surface area contributed by atoms with Gasteiger partial charge in [-0.3, -0.25) is 19.5 Å². The van der Waals surface area contributed by atoms with Crippen LogP contribution in [0.5, 0.6) is 5.75 Å². The maximum Gasteiger partial charge on any atom is 0.301 e. The molecule has 1 saturated heterocycles. The Morgan fingerprint density at radius 3 is 2.00 bits per heavy atom. The summed E-state index contributed by atoms with van der Waals surface area (Å²) in [5, 5.41) is 24.4. The van der Waals surface area contributed by atoms with Gasteiger partial charge >= 0.3 is 5.56 Å². The number of amides is 2. The summed E-state index contributed by atoms with van der Waals surface area (Å²) in [5.74, 6) is -1.02. The van der Waals surface area contributed by atoms with Crippen molar-refractivity contribution in [2.24, 2.45) is 10.2 Å². The summed E-state index contributed by atoms with van der Waals surface area (Å²) >= 11 is 26.1. The first-order valence-corrected chi connectivity index (χ1v) is 19.2. The van der Waals surface area contributed by atoms with Gasteiger partial charge in [-0.15, -0.1) is 10.2 Å². The molecule has 1 aromatic heterocycles. The topological polar surface area (TPSA) is 123 Å². The minimum atomic E-state index is -0.733. The Balaban J connectivity index is 1.55. The molecule has 0 bridgehead atoms. The normalized spacial score (nSPS) is 13.2. The molecule has 4 aromatic rings. The van der Waals surface area contributed by atoms with Crippen LogP contribution in [0.2, 0.25) is 20.1 Å². The first kappa shape index (κ1) is 39.4. The van der Waals surface area contributed by atoms with Crippen molar-refractivity contribution in [1.82, 2.24) is 14.8 Å². The Labute approximate surface area is 323 Å². The molecule has 2 N–H and O–H groups in total. The molecule has 52 heavy (non-hydrogen) atoms. The highest BCUT2D eigenvalue weighted by molar-refractivity contribution is 6.40. The lowest BCUT2D eigenvalue weighted by Gasteiger charge is -2.31. The molecular formula is C38H42Cl4N6O4. The molecule has 14 heteroatoms. The highest BCUT2D eigenvalue weighted by Crippen LogP contribution is 2.41. The van der Waals surface area contributed by atoms with E-state index in [0.717, 1.165) is 40.9 Å². The van der Waals surface area contributed by atoms with Gasteiger partial charge in [0.2, 0.25) is 11.8 Å². The fourth-order valence-electron chi connectivity index (χ4n) is 6.22. The third-order valence-electron chi connectivity index (χ3n) is 8.99. The Kier molecular flexibility index (Phi) is 13.8. The second-order valence-electron chi connectivity index (χ2n) is 13.0. The van der Waals surface area contributed by atoms with E-state index in [9.17, 15) is 19.5 Å². The van der Waals surface area contributed by atoms with E-state index >= 15 is 0 Å². The van der Waals surface area contributed by atoms with Gasteiger partial charge in [-0.25, -0.2) is 9.69 Å². The number of aromatic nitrogens is 2. The number of hydrogen-bond acceptors (Lipinski definition) is 7. The number of benzene rings is 3. The zero-order valence-corrected chi connectivity index (χ0v) is 32.3. The number of hydrazine groups is 1. The van der Waals surface area contributed by atoms with Crippen molar-refractivity contribution in [2.75, 3.05) is 5.01 Å². The number of H-pyrrole nitrogens is 1. The van der Waals surface area contributed by atoms with E-state index in [1.54, 1.807) is 19.1 Å². The summed E-state index contributed by atoms with van der Waals surface area (Å²) in [7, 11) is 0. The van der Waals surface area contributed by atoms with E-state index in [0.29, 0.717) is 11.3 Å². The van der Waals surface area contributed by atoms with Gasteiger partial charge in [0.1, 0.15) is 11.4 Å². The van der Waals surface area contributed by atoms with Crippen LogP contribution in [0.25, 0.3) is 5.69 Å². The number of nitrogens with zero attached hydrogens (tertiary/aromatic N) is 5. The summed E-state index contributed by atoms with van der Waals surface area (Å²) in [6, 6.07) is 12.8. The Bertz CT molecular complexity index is 1970. The molecule has 2 amide bonds. The second kappa shape index (κ2) is 18.3. The molecule has 276 valence electrons. The molecule has 1 fully saturated rings. The summed E-state index contributed by atoms with van der Waals surface area (Å²) in [6.07, 6.45) is 12.7. The Hall–Kier alpha value is -3.83. The van der Waals surface area contributed by atoms with E-state index in [2.05, 4.69) is 22.3 Å². The second-order valence-corrected chi connectivity index (χ2v) is 14.6. The lowest BCUT2D eigenvalue weighted by Crippen LogP contribution is -2.43. The molecule has 10 nitrogen and oxygen atoms in total. The fourth-order valence-corrected chi connectivity index (χ4v) is 7.41. The largest absolute Gasteiger partial charge is 0.508 e. The first-order chi connectivity index (χ1) is 25.0. The van der Waals surface area contributed by atoms with Gasteiger partial charge in [0.05, 0.1) is 26.4 Å². The molecule has 0 radical (unpaired) electrons. The third-order valence-corrected chi connectivity index (χ3v) is 10.1. The number of nitrogens with one attached hydrogen (secondary N) is 1. The molecule has 1 aliphatic heterocycles. The lowest BCUT2D eigenvalue weighted by molar-refractivity contribution is -0.138. The minimum absolute atomic E-state index is 0.0332. The lowest BCUT2D eigenvalue weighted by atomic mass is 10.0. The number of unbranched alkanes of at least 4 members (excludes halogenated alkanes) is 9. The number of carbonyl (C=O) groups excluding carboxylic acids is 2. The van der Waals surface area contributed by atoms with Crippen LogP contribution in [0.1, 0.15) is 95.1 Å². The number of hydrogen-bond donors (Lipinski definition) is 2.